The van der Waals surface area contributed by atoms with Crippen LogP contribution in [-0.4, -0.2) is 52.0 Å². The van der Waals surface area contributed by atoms with Gasteiger partial charge in [-0.25, -0.2) is 13.2 Å². The summed E-state index contributed by atoms with van der Waals surface area (Å²) in [5, 5.41) is 0. The van der Waals surface area contributed by atoms with Crippen molar-refractivity contribution in [3.8, 4) is 0 Å². The minimum atomic E-state index is -3.45. The Hall–Kier alpha value is -2.22. The Labute approximate surface area is 166 Å². The Balaban J connectivity index is 1.61. The SMILES string of the molecule is COC(=O)c1ccc(C[NH+]2CCN(S(=O)(=O)c3ccc(C)c(C)c3)CC2)cc1. The van der Waals surface area contributed by atoms with Crippen molar-refractivity contribution in [3.05, 3.63) is 64.7 Å². The minimum absolute atomic E-state index is 0.343. The number of aryl methyl sites for hydroxylation is 2. The molecule has 0 atom stereocenters. The van der Waals surface area contributed by atoms with E-state index in [9.17, 15) is 13.2 Å². The van der Waals surface area contributed by atoms with Gasteiger partial charge in [-0.15, -0.1) is 0 Å². The van der Waals surface area contributed by atoms with Crippen molar-refractivity contribution < 1.29 is 22.8 Å². The third-order valence-electron chi connectivity index (χ3n) is 5.37. The lowest BCUT2D eigenvalue weighted by molar-refractivity contribution is -0.917. The van der Waals surface area contributed by atoms with Crippen molar-refractivity contribution >= 4 is 16.0 Å². The van der Waals surface area contributed by atoms with Crippen LogP contribution in [0.5, 0.6) is 0 Å². The smallest absolute Gasteiger partial charge is 0.337 e. The van der Waals surface area contributed by atoms with Gasteiger partial charge in [0.1, 0.15) is 6.54 Å². The van der Waals surface area contributed by atoms with Crippen molar-refractivity contribution in [2.75, 3.05) is 33.3 Å². The Kier molecular flexibility index (Phi) is 6.17. The predicted molar refractivity (Wildman–Crippen MR) is 107 cm³/mol. The van der Waals surface area contributed by atoms with Crippen LogP contribution in [0, 0.1) is 13.8 Å². The first-order valence-corrected chi connectivity index (χ1v) is 10.8. The molecule has 1 aliphatic heterocycles. The molecule has 0 aromatic heterocycles. The summed E-state index contributed by atoms with van der Waals surface area (Å²) in [5.41, 5.74) is 3.73. The van der Waals surface area contributed by atoms with Gasteiger partial charge >= 0.3 is 5.97 Å². The summed E-state index contributed by atoms with van der Waals surface area (Å²) in [6.45, 7) is 7.23. The molecule has 150 valence electrons. The normalized spacial score (nSPS) is 16.1. The number of nitrogens with zero attached hydrogens (tertiary/aromatic N) is 1. The fraction of sp³-hybridized carbons (Fsp3) is 0.381. The summed E-state index contributed by atoms with van der Waals surface area (Å²) in [6.07, 6.45) is 0. The summed E-state index contributed by atoms with van der Waals surface area (Å²) in [5.74, 6) is -0.343. The number of quaternary nitrogens is 1. The van der Waals surface area contributed by atoms with Crippen LogP contribution in [0.4, 0.5) is 0 Å². The van der Waals surface area contributed by atoms with Gasteiger partial charge in [0, 0.05) is 5.56 Å². The van der Waals surface area contributed by atoms with E-state index in [0.717, 1.165) is 36.3 Å². The summed E-state index contributed by atoms with van der Waals surface area (Å²) < 4.78 is 32.1. The van der Waals surface area contributed by atoms with E-state index in [4.69, 9.17) is 4.74 Å². The van der Waals surface area contributed by atoms with Crippen molar-refractivity contribution in [2.24, 2.45) is 0 Å². The molecule has 2 aromatic rings. The van der Waals surface area contributed by atoms with Gasteiger partial charge in [-0.2, -0.15) is 4.31 Å². The number of rotatable bonds is 5. The van der Waals surface area contributed by atoms with E-state index in [1.165, 1.54) is 12.0 Å². The molecule has 1 heterocycles. The second-order valence-electron chi connectivity index (χ2n) is 7.27. The van der Waals surface area contributed by atoms with E-state index < -0.39 is 10.0 Å². The lowest BCUT2D eigenvalue weighted by Gasteiger charge is -2.31. The van der Waals surface area contributed by atoms with Crippen LogP contribution in [0.1, 0.15) is 27.0 Å². The van der Waals surface area contributed by atoms with Crippen LogP contribution in [0.15, 0.2) is 47.4 Å². The third-order valence-corrected chi connectivity index (χ3v) is 7.27. The van der Waals surface area contributed by atoms with Gasteiger partial charge in [-0.3, -0.25) is 0 Å². The number of ether oxygens (including phenoxy) is 1. The molecule has 28 heavy (non-hydrogen) atoms. The third kappa shape index (κ3) is 4.43. The average molecular weight is 404 g/mol. The fourth-order valence-electron chi connectivity index (χ4n) is 3.41. The van der Waals surface area contributed by atoms with Gasteiger partial charge in [-0.05, 0) is 49.2 Å². The topological polar surface area (TPSA) is 68.1 Å². The maximum absolute atomic E-state index is 12.9. The van der Waals surface area contributed by atoms with E-state index in [-0.39, 0.29) is 5.97 Å². The van der Waals surface area contributed by atoms with E-state index in [0.29, 0.717) is 23.5 Å². The van der Waals surface area contributed by atoms with E-state index in [1.807, 2.05) is 32.0 Å². The quantitative estimate of drug-likeness (QED) is 0.762. The molecule has 0 saturated carbocycles. The van der Waals surface area contributed by atoms with E-state index in [2.05, 4.69) is 0 Å². The Morgan fingerprint density at radius 3 is 2.25 bits per heavy atom. The molecular formula is C21H27N2O4S+. The van der Waals surface area contributed by atoms with Crippen LogP contribution >= 0.6 is 0 Å². The van der Waals surface area contributed by atoms with Gasteiger partial charge in [0.2, 0.25) is 10.0 Å². The van der Waals surface area contributed by atoms with E-state index in [1.54, 1.807) is 28.6 Å². The molecule has 1 aliphatic rings. The molecule has 1 N–H and O–H groups in total. The molecule has 1 saturated heterocycles. The Morgan fingerprint density at radius 2 is 1.68 bits per heavy atom. The molecule has 0 bridgehead atoms. The maximum Gasteiger partial charge on any atom is 0.337 e. The summed E-state index contributed by atoms with van der Waals surface area (Å²) in [7, 11) is -2.08. The number of hydrogen-bond acceptors (Lipinski definition) is 4. The monoisotopic (exact) mass is 403 g/mol. The zero-order valence-electron chi connectivity index (χ0n) is 16.6. The standard InChI is InChI=1S/C21H26N2O4S/c1-16-4-9-20(14-17(16)2)28(25,26)23-12-10-22(11-13-23)15-18-5-7-19(8-6-18)21(24)27-3/h4-9,14H,10-13,15H2,1-3H3/p+1. The van der Waals surface area contributed by atoms with Gasteiger partial charge in [0.25, 0.3) is 0 Å². The highest BCUT2D eigenvalue weighted by molar-refractivity contribution is 7.89. The van der Waals surface area contributed by atoms with Crippen molar-refractivity contribution in [1.82, 2.24) is 4.31 Å². The van der Waals surface area contributed by atoms with E-state index >= 15 is 0 Å². The molecule has 0 aliphatic carbocycles. The fourth-order valence-corrected chi connectivity index (χ4v) is 4.94. The molecule has 0 spiro atoms. The van der Waals surface area contributed by atoms with Crippen LogP contribution in [-0.2, 0) is 21.3 Å². The first-order chi connectivity index (χ1) is 13.3. The number of hydrogen-bond donors (Lipinski definition) is 1. The number of carbonyl (C=O) groups excluding carboxylic acids is 1. The number of sulfonamides is 1. The predicted octanol–water partition coefficient (Wildman–Crippen LogP) is 1.18. The second-order valence-corrected chi connectivity index (χ2v) is 9.20. The number of benzene rings is 2. The molecule has 6 nitrogen and oxygen atoms in total. The Morgan fingerprint density at radius 1 is 1.04 bits per heavy atom. The molecular weight excluding hydrogens is 376 g/mol. The number of carbonyl (C=O) groups is 1. The number of methoxy groups -OCH3 is 1. The first-order valence-electron chi connectivity index (χ1n) is 9.39. The van der Waals surface area contributed by atoms with Crippen molar-refractivity contribution in [1.29, 1.82) is 0 Å². The van der Waals surface area contributed by atoms with Gasteiger partial charge in [-0.1, -0.05) is 18.2 Å². The molecule has 7 heteroatoms. The zero-order chi connectivity index (χ0) is 20.3. The second kappa shape index (κ2) is 8.43. The maximum atomic E-state index is 12.9. The lowest BCUT2D eigenvalue weighted by atomic mass is 10.1. The molecule has 1 fully saturated rings. The van der Waals surface area contributed by atoms with Crippen molar-refractivity contribution in [2.45, 2.75) is 25.3 Å². The highest BCUT2D eigenvalue weighted by atomic mass is 32.2. The van der Waals surface area contributed by atoms with Gasteiger partial charge in [0.05, 0.1) is 43.7 Å². The van der Waals surface area contributed by atoms with Gasteiger partial charge in [0.15, 0.2) is 0 Å². The summed E-state index contributed by atoms with van der Waals surface area (Å²) in [4.78, 5) is 13.2. The number of esters is 1. The van der Waals surface area contributed by atoms with Crippen molar-refractivity contribution in [3.63, 3.8) is 0 Å². The molecule has 2 aromatic carbocycles. The van der Waals surface area contributed by atoms with Crippen LogP contribution in [0.2, 0.25) is 0 Å². The lowest BCUT2D eigenvalue weighted by Crippen LogP contribution is -3.13. The largest absolute Gasteiger partial charge is 0.465 e. The summed E-state index contributed by atoms with van der Waals surface area (Å²) in [6, 6.07) is 12.7. The molecule has 0 unspecified atom stereocenters. The highest BCUT2D eigenvalue weighted by Crippen LogP contribution is 2.19. The Bertz CT molecular complexity index is 947. The average Bonchev–Trinajstić information content (AvgIpc) is 2.70. The molecule has 0 amide bonds. The van der Waals surface area contributed by atoms with Crippen LogP contribution in [0.3, 0.4) is 0 Å². The first kappa shape index (κ1) is 20.5. The van der Waals surface area contributed by atoms with Crippen LogP contribution in [0.25, 0.3) is 0 Å². The highest BCUT2D eigenvalue weighted by Gasteiger charge is 2.30. The van der Waals surface area contributed by atoms with Gasteiger partial charge < -0.3 is 9.64 Å². The molecule has 3 rings (SSSR count). The summed E-state index contributed by atoms with van der Waals surface area (Å²) >= 11 is 0. The van der Waals surface area contributed by atoms with Crippen LogP contribution < -0.4 is 4.90 Å². The number of piperazine rings is 1. The molecule has 0 radical (unpaired) electrons. The number of nitrogens with one attached hydrogen (secondary N) is 1. The zero-order valence-corrected chi connectivity index (χ0v) is 17.4. The minimum Gasteiger partial charge on any atom is -0.465 e.